The van der Waals surface area contributed by atoms with E-state index in [4.69, 9.17) is 5.73 Å². The smallest absolute Gasteiger partial charge is 0.147 e. The van der Waals surface area contributed by atoms with Gasteiger partial charge in [-0.05, 0) is 31.2 Å². The summed E-state index contributed by atoms with van der Waals surface area (Å²) in [5.41, 5.74) is 5.62. The molecule has 1 heterocycles. The summed E-state index contributed by atoms with van der Waals surface area (Å²) in [5.74, 6) is -0.319. The molecule has 3 N–H and O–H groups in total. The van der Waals surface area contributed by atoms with Crippen molar-refractivity contribution in [3.05, 3.63) is 24.0 Å². The van der Waals surface area contributed by atoms with Crippen LogP contribution in [0.1, 0.15) is 6.42 Å². The Morgan fingerprint density at radius 2 is 2.36 bits per heavy atom. The Morgan fingerprint density at radius 3 is 3.00 bits per heavy atom. The molecule has 0 saturated carbocycles. The van der Waals surface area contributed by atoms with E-state index in [1.165, 1.54) is 6.07 Å². The Hall–Kier alpha value is -0.740. The summed E-state index contributed by atoms with van der Waals surface area (Å²) in [6, 6.07) is 5.01. The van der Waals surface area contributed by atoms with Crippen LogP contribution in [0, 0.1) is 5.82 Å². The fraction of sp³-hybridized carbons (Fsp3) is 0.400. The molecule has 0 bridgehead atoms. The molecule has 1 aliphatic rings. The number of nitrogens with one attached hydrogen (secondary N) is 1. The molecule has 1 aromatic rings. The van der Waals surface area contributed by atoms with Crippen LogP contribution < -0.4 is 11.1 Å². The number of rotatable bonds is 2. The first-order chi connectivity index (χ1) is 6.75. The first-order valence-corrected chi connectivity index (χ1v) is 5.56. The molecule has 0 radical (unpaired) electrons. The number of nitrogens with two attached hydrogens (primary N) is 1. The van der Waals surface area contributed by atoms with E-state index in [1.54, 1.807) is 17.8 Å². The minimum atomic E-state index is -0.319. The molecule has 0 amide bonds. The summed E-state index contributed by atoms with van der Waals surface area (Å²) >= 11 is 1.72. The predicted octanol–water partition coefficient (Wildman–Crippen LogP) is 1.86. The van der Waals surface area contributed by atoms with Crippen molar-refractivity contribution >= 4 is 17.4 Å². The van der Waals surface area contributed by atoms with Crippen LogP contribution in [0.5, 0.6) is 0 Å². The van der Waals surface area contributed by atoms with Gasteiger partial charge in [0, 0.05) is 16.7 Å². The van der Waals surface area contributed by atoms with Gasteiger partial charge in [-0.2, -0.15) is 0 Å². The van der Waals surface area contributed by atoms with Gasteiger partial charge >= 0.3 is 0 Å². The van der Waals surface area contributed by atoms with E-state index < -0.39 is 0 Å². The lowest BCUT2D eigenvalue weighted by Gasteiger charge is -2.08. The summed E-state index contributed by atoms with van der Waals surface area (Å²) in [6.07, 6.45) is 1.15. The van der Waals surface area contributed by atoms with Crippen LogP contribution >= 0.6 is 11.8 Å². The molecule has 0 aliphatic carbocycles. The normalized spacial score (nSPS) is 21.4. The van der Waals surface area contributed by atoms with Crippen LogP contribution in [0.25, 0.3) is 0 Å². The standard InChI is InChI=1S/C10H13FN2S/c11-9-5-7(1-2-10(9)12)14-8-3-4-13-6-8/h1-2,5,8,13H,3-4,6,12H2. The van der Waals surface area contributed by atoms with Crippen molar-refractivity contribution in [1.29, 1.82) is 0 Å². The molecule has 1 saturated heterocycles. The Morgan fingerprint density at radius 1 is 1.50 bits per heavy atom. The largest absolute Gasteiger partial charge is 0.396 e. The Kier molecular flexibility index (Phi) is 2.93. The topological polar surface area (TPSA) is 38.0 Å². The summed E-state index contributed by atoms with van der Waals surface area (Å²) in [6.45, 7) is 2.08. The van der Waals surface area contributed by atoms with Crippen molar-refractivity contribution < 1.29 is 4.39 Å². The molecule has 2 rings (SSSR count). The highest BCUT2D eigenvalue weighted by atomic mass is 32.2. The molecule has 4 heteroatoms. The summed E-state index contributed by atoms with van der Waals surface area (Å²) < 4.78 is 13.1. The Balaban J connectivity index is 2.05. The van der Waals surface area contributed by atoms with Crippen molar-refractivity contribution in [2.24, 2.45) is 0 Å². The number of anilines is 1. The van der Waals surface area contributed by atoms with E-state index >= 15 is 0 Å². The monoisotopic (exact) mass is 212 g/mol. The molecule has 1 unspecified atom stereocenters. The number of thioether (sulfide) groups is 1. The summed E-state index contributed by atoms with van der Waals surface area (Å²) in [5, 5.41) is 3.85. The zero-order chi connectivity index (χ0) is 9.97. The fourth-order valence-corrected chi connectivity index (χ4v) is 2.64. The van der Waals surface area contributed by atoms with Gasteiger partial charge in [-0.3, -0.25) is 0 Å². The second-order valence-corrected chi connectivity index (χ2v) is 4.79. The SMILES string of the molecule is Nc1ccc(SC2CCNC2)cc1F. The molecule has 1 atom stereocenters. The molecule has 1 fully saturated rings. The van der Waals surface area contributed by atoms with Gasteiger partial charge in [0.05, 0.1) is 5.69 Å². The maximum Gasteiger partial charge on any atom is 0.147 e. The fourth-order valence-electron chi connectivity index (χ4n) is 1.50. The highest BCUT2D eigenvalue weighted by Gasteiger charge is 2.15. The van der Waals surface area contributed by atoms with E-state index in [0.29, 0.717) is 5.25 Å². The van der Waals surface area contributed by atoms with Gasteiger partial charge in [0.15, 0.2) is 0 Å². The van der Waals surface area contributed by atoms with Crippen LogP contribution in [-0.4, -0.2) is 18.3 Å². The van der Waals surface area contributed by atoms with Crippen LogP contribution in [0.2, 0.25) is 0 Å². The second-order valence-electron chi connectivity index (χ2n) is 3.42. The van der Waals surface area contributed by atoms with Crippen molar-refractivity contribution in [2.75, 3.05) is 18.8 Å². The lowest BCUT2D eigenvalue weighted by atomic mass is 10.3. The zero-order valence-corrected chi connectivity index (χ0v) is 8.61. The minimum Gasteiger partial charge on any atom is -0.396 e. The van der Waals surface area contributed by atoms with E-state index in [2.05, 4.69) is 5.32 Å². The lowest BCUT2D eigenvalue weighted by Crippen LogP contribution is -2.09. The van der Waals surface area contributed by atoms with Crippen molar-refractivity contribution in [2.45, 2.75) is 16.6 Å². The Labute approximate surface area is 87.1 Å². The van der Waals surface area contributed by atoms with Crippen LogP contribution in [0.3, 0.4) is 0 Å². The third kappa shape index (κ3) is 2.19. The van der Waals surface area contributed by atoms with Gasteiger partial charge in [-0.15, -0.1) is 11.8 Å². The maximum atomic E-state index is 13.1. The first-order valence-electron chi connectivity index (χ1n) is 4.68. The third-order valence-electron chi connectivity index (χ3n) is 2.29. The summed E-state index contributed by atoms with van der Waals surface area (Å²) in [7, 11) is 0. The van der Waals surface area contributed by atoms with E-state index in [0.717, 1.165) is 24.4 Å². The van der Waals surface area contributed by atoms with Crippen molar-refractivity contribution in [3.8, 4) is 0 Å². The third-order valence-corrected chi connectivity index (χ3v) is 3.55. The molecule has 1 aromatic carbocycles. The van der Waals surface area contributed by atoms with Crippen molar-refractivity contribution in [3.63, 3.8) is 0 Å². The zero-order valence-electron chi connectivity index (χ0n) is 7.79. The van der Waals surface area contributed by atoms with Crippen LogP contribution in [0.15, 0.2) is 23.1 Å². The molecule has 76 valence electrons. The summed E-state index contributed by atoms with van der Waals surface area (Å²) in [4.78, 5) is 0.963. The number of benzene rings is 1. The van der Waals surface area contributed by atoms with Gasteiger partial charge in [0.25, 0.3) is 0 Å². The molecular weight excluding hydrogens is 199 g/mol. The molecule has 1 aliphatic heterocycles. The Bertz CT molecular complexity index is 324. The van der Waals surface area contributed by atoms with E-state index in [-0.39, 0.29) is 11.5 Å². The van der Waals surface area contributed by atoms with Gasteiger partial charge in [0.2, 0.25) is 0 Å². The number of nitrogen functional groups attached to an aromatic ring is 1. The average molecular weight is 212 g/mol. The quantitative estimate of drug-likeness (QED) is 0.735. The first kappa shape index (κ1) is 9.80. The van der Waals surface area contributed by atoms with Gasteiger partial charge in [0.1, 0.15) is 5.82 Å². The minimum absolute atomic E-state index is 0.221. The maximum absolute atomic E-state index is 13.1. The van der Waals surface area contributed by atoms with Gasteiger partial charge in [-0.1, -0.05) is 0 Å². The predicted molar refractivity (Wildman–Crippen MR) is 57.9 cm³/mol. The van der Waals surface area contributed by atoms with E-state index in [9.17, 15) is 4.39 Å². The second kappa shape index (κ2) is 4.19. The van der Waals surface area contributed by atoms with E-state index in [1.807, 2.05) is 6.07 Å². The lowest BCUT2D eigenvalue weighted by molar-refractivity contribution is 0.629. The molecule has 0 aromatic heterocycles. The number of hydrogen-bond acceptors (Lipinski definition) is 3. The highest BCUT2D eigenvalue weighted by molar-refractivity contribution is 8.00. The highest BCUT2D eigenvalue weighted by Crippen LogP contribution is 2.28. The average Bonchev–Trinajstić information content (AvgIpc) is 2.64. The molecule has 14 heavy (non-hydrogen) atoms. The van der Waals surface area contributed by atoms with Gasteiger partial charge in [-0.25, -0.2) is 4.39 Å². The number of hydrogen-bond donors (Lipinski definition) is 2. The van der Waals surface area contributed by atoms with Gasteiger partial charge < -0.3 is 11.1 Å². The van der Waals surface area contributed by atoms with Crippen LogP contribution in [0.4, 0.5) is 10.1 Å². The number of halogens is 1. The molecule has 0 spiro atoms. The molecular formula is C10H13FN2S. The van der Waals surface area contributed by atoms with Crippen LogP contribution in [-0.2, 0) is 0 Å². The molecule has 2 nitrogen and oxygen atoms in total. The van der Waals surface area contributed by atoms with Crippen molar-refractivity contribution in [1.82, 2.24) is 5.32 Å².